The van der Waals surface area contributed by atoms with Crippen molar-refractivity contribution in [3.63, 3.8) is 0 Å². The number of rotatable bonds is 5. The molecular weight excluding hydrogens is 360 g/mol. The number of hydrogen-bond acceptors (Lipinski definition) is 4. The molecule has 1 N–H and O–H groups in total. The molecular formula is C25H34N2O2. The highest BCUT2D eigenvalue weighted by molar-refractivity contribution is 6.14. The van der Waals surface area contributed by atoms with Crippen molar-refractivity contribution in [3.8, 4) is 5.75 Å². The predicted molar refractivity (Wildman–Crippen MR) is 117 cm³/mol. The first kappa shape index (κ1) is 19.1. The molecule has 0 spiro atoms. The monoisotopic (exact) mass is 394 g/mol. The Balaban J connectivity index is 1.48. The summed E-state index contributed by atoms with van der Waals surface area (Å²) in [7, 11) is 3.62. The zero-order chi connectivity index (χ0) is 20.4. The van der Waals surface area contributed by atoms with Crippen LogP contribution in [0.5, 0.6) is 5.75 Å². The molecule has 156 valence electrons. The molecule has 4 heteroatoms. The van der Waals surface area contributed by atoms with Gasteiger partial charge in [0, 0.05) is 24.4 Å². The highest BCUT2D eigenvalue weighted by Gasteiger charge is 2.54. The van der Waals surface area contributed by atoms with Gasteiger partial charge >= 0.3 is 0 Å². The molecule has 29 heavy (non-hydrogen) atoms. The van der Waals surface area contributed by atoms with Crippen LogP contribution in [-0.2, 0) is 11.2 Å². The van der Waals surface area contributed by atoms with E-state index in [1.807, 2.05) is 7.05 Å². The third kappa shape index (κ3) is 3.19. The summed E-state index contributed by atoms with van der Waals surface area (Å²) in [4.78, 5) is 18.8. The van der Waals surface area contributed by atoms with Gasteiger partial charge in [-0.2, -0.15) is 0 Å². The number of nitrogens with one attached hydrogen (secondary N) is 1. The van der Waals surface area contributed by atoms with Crippen molar-refractivity contribution >= 4 is 17.2 Å². The second kappa shape index (κ2) is 6.58. The summed E-state index contributed by atoms with van der Waals surface area (Å²) in [5.41, 5.74) is 4.08. The minimum absolute atomic E-state index is 0.0582. The number of carbonyl (C=O) groups excluding carboxylic acids is 1. The Morgan fingerprint density at radius 3 is 2.31 bits per heavy atom. The van der Waals surface area contributed by atoms with Gasteiger partial charge in [-0.05, 0) is 94.2 Å². The van der Waals surface area contributed by atoms with E-state index in [1.165, 1.54) is 24.8 Å². The quantitative estimate of drug-likeness (QED) is 0.761. The highest BCUT2D eigenvalue weighted by Crippen LogP contribution is 2.60. The summed E-state index contributed by atoms with van der Waals surface area (Å²) in [6, 6.07) is 4.27. The van der Waals surface area contributed by atoms with Gasteiger partial charge in [0.15, 0.2) is 0 Å². The first-order chi connectivity index (χ1) is 13.8. The van der Waals surface area contributed by atoms with Gasteiger partial charge in [0.2, 0.25) is 0 Å². The number of ether oxygens (including phenoxy) is 1. The molecule has 1 aromatic rings. The van der Waals surface area contributed by atoms with E-state index in [2.05, 4.69) is 31.3 Å². The molecule has 1 aromatic carbocycles. The van der Waals surface area contributed by atoms with E-state index in [0.29, 0.717) is 12.2 Å². The van der Waals surface area contributed by atoms with Gasteiger partial charge in [0.1, 0.15) is 11.5 Å². The highest BCUT2D eigenvalue weighted by atomic mass is 16.5. The second-order valence-electron chi connectivity index (χ2n) is 10.8. The van der Waals surface area contributed by atoms with Crippen LogP contribution in [0.1, 0.15) is 69.9 Å². The lowest BCUT2D eigenvalue weighted by Gasteiger charge is -2.56. The van der Waals surface area contributed by atoms with Crippen LogP contribution in [0.4, 0.5) is 5.69 Å². The summed E-state index contributed by atoms with van der Waals surface area (Å²) >= 11 is 0. The van der Waals surface area contributed by atoms with Crippen molar-refractivity contribution in [2.24, 2.45) is 28.2 Å². The molecule has 0 aromatic heterocycles. The molecule has 0 unspecified atom stereocenters. The fraction of sp³-hybridized carbons (Fsp3) is 0.680. The Morgan fingerprint density at radius 1 is 1.14 bits per heavy atom. The summed E-state index contributed by atoms with van der Waals surface area (Å²) in [5, 5.41) is 3.23. The van der Waals surface area contributed by atoms with E-state index in [4.69, 9.17) is 9.73 Å². The Labute approximate surface area is 174 Å². The third-order valence-electron chi connectivity index (χ3n) is 8.02. The first-order valence-corrected chi connectivity index (χ1v) is 11.3. The molecule has 4 nitrogen and oxygen atoms in total. The number of Topliss-reactive ketones (excluding diaryl/α,β-unsaturated/α-hetero) is 1. The average molecular weight is 395 g/mol. The van der Waals surface area contributed by atoms with E-state index >= 15 is 0 Å². The molecule has 6 rings (SSSR count). The van der Waals surface area contributed by atoms with Crippen LogP contribution in [0.2, 0.25) is 0 Å². The van der Waals surface area contributed by atoms with Crippen molar-refractivity contribution < 1.29 is 9.53 Å². The van der Waals surface area contributed by atoms with Crippen LogP contribution in [0.3, 0.4) is 0 Å². The molecule has 1 aliphatic heterocycles. The predicted octanol–water partition coefficient (Wildman–Crippen LogP) is 5.04. The Kier molecular flexibility index (Phi) is 4.34. The SMILES string of the molecule is CNc1cc2c(cc1OC)CC(C)(C)N=C2CC(=O)C12CC3CC(CC(C3)C1)C2. The van der Waals surface area contributed by atoms with Gasteiger partial charge in [-0.3, -0.25) is 9.79 Å². The number of benzene rings is 1. The molecule has 0 saturated heterocycles. The molecule has 0 radical (unpaired) electrons. The largest absolute Gasteiger partial charge is 0.495 e. The van der Waals surface area contributed by atoms with E-state index in [0.717, 1.165) is 66.1 Å². The third-order valence-corrected chi connectivity index (χ3v) is 8.02. The number of fused-ring (bicyclic) bond motifs is 1. The summed E-state index contributed by atoms with van der Waals surface area (Å²) < 4.78 is 5.58. The van der Waals surface area contributed by atoms with Crippen molar-refractivity contribution in [3.05, 3.63) is 23.3 Å². The van der Waals surface area contributed by atoms with Crippen LogP contribution in [-0.4, -0.2) is 31.2 Å². The lowest BCUT2D eigenvalue weighted by Crippen LogP contribution is -2.50. The van der Waals surface area contributed by atoms with Gasteiger partial charge in [0.05, 0.1) is 24.0 Å². The number of methoxy groups -OCH3 is 1. The minimum Gasteiger partial charge on any atom is -0.495 e. The van der Waals surface area contributed by atoms with Crippen LogP contribution < -0.4 is 10.1 Å². The van der Waals surface area contributed by atoms with Crippen LogP contribution in [0.15, 0.2) is 17.1 Å². The Hall–Kier alpha value is -1.84. The summed E-state index contributed by atoms with van der Waals surface area (Å²) in [6.07, 6.45) is 8.86. The molecule has 0 amide bonds. The zero-order valence-corrected chi connectivity index (χ0v) is 18.3. The molecule has 4 fully saturated rings. The number of aliphatic imine (C=N–C) groups is 1. The van der Waals surface area contributed by atoms with Gasteiger partial charge in [-0.15, -0.1) is 0 Å². The second-order valence-corrected chi connectivity index (χ2v) is 10.8. The maximum Gasteiger partial charge on any atom is 0.145 e. The molecule has 5 aliphatic rings. The maximum absolute atomic E-state index is 13.7. The maximum atomic E-state index is 13.7. The molecule has 1 heterocycles. The van der Waals surface area contributed by atoms with Crippen LogP contribution >= 0.6 is 0 Å². The minimum atomic E-state index is -0.184. The van der Waals surface area contributed by atoms with Crippen LogP contribution in [0.25, 0.3) is 0 Å². The number of nitrogens with zero attached hydrogens (tertiary/aromatic N) is 1. The topological polar surface area (TPSA) is 50.7 Å². The number of anilines is 1. The van der Waals surface area contributed by atoms with Crippen molar-refractivity contribution in [1.29, 1.82) is 0 Å². The number of carbonyl (C=O) groups is 1. The number of ketones is 1. The number of hydrogen-bond donors (Lipinski definition) is 1. The molecule has 0 atom stereocenters. The summed E-state index contributed by atoms with van der Waals surface area (Å²) in [5.74, 6) is 3.70. The van der Waals surface area contributed by atoms with E-state index < -0.39 is 0 Å². The van der Waals surface area contributed by atoms with E-state index in [9.17, 15) is 4.79 Å². The van der Waals surface area contributed by atoms with Gasteiger partial charge in [-0.1, -0.05) is 0 Å². The smallest absolute Gasteiger partial charge is 0.145 e. The van der Waals surface area contributed by atoms with Crippen molar-refractivity contribution in [2.75, 3.05) is 19.5 Å². The van der Waals surface area contributed by atoms with Crippen LogP contribution in [0, 0.1) is 23.2 Å². The Bertz CT molecular complexity index is 848. The van der Waals surface area contributed by atoms with Crippen molar-refractivity contribution in [2.45, 2.75) is 70.8 Å². The standard InChI is InChI=1S/C25H34N2O2/c1-24(2)14-18-8-22(29-4)21(26-3)9-19(18)20(27-24)10-23(28)25-11-15-5-16(12-25)7-17(6-15)13-25/h8-9,15-17,26H,5-7,10-14H2,1-4H3. The average Bonchev–Trinajstić information content (AvgIpc) is 2.65. The van der Waals surface area contributed by atoms with Gasteiger partial charge in [-0.25, -0.2) is 0 Å². The first-order valence-electron chi connectivity index (χ1n) is 11.3. The fourth-order valence-corrected chi connectivity index (χ4v) is 7.26. The molecule has 4 aliphatic carbocycles. The Morgan fingerprint density at radius 2 is 1.76 bits per heavy atom. The zero-order valence-electron chi connectivity index (χ0n) is 18.3. The lowest BCUT2D eigenvalue weighted by atomic mass is 9.48. The molecule has 4 bridgehead atoms. The fourth-order valence-electron chi connectivity index (χ4n) is 7.26. The van der Waals surface area contributed by atoms with Gasteiger partial charge < -0.3 is 10.1 Å². The van der Waals surface area contributed by atoms with E-state index in [1.54, 1.807) is 7.11 Å². The molecule has 4 saturated carbocycles. The lowest BCUT2D eigenvalue weighted by molar-refractivity contribution is -0.142. The normalized spacial score (nSPS) is 33.8. The summed E-state index contributed by atoms with van der Waals surface area (Å²) in [6.45, 7) is 4.34. The van der Waals surface area contributed by atoms with Gasteiger partial charge in [0.25, 0.3) is 0 Å². The van der Waals surface area contributed by atoms with Crippen molar-refractivity contribution in [1.82, 2.24) is 0 Å². The van der Waals surface area contributed by atoms with E-state index in [-0.39, 0.29) is 11.0 Å².